The van der Waals surface area contributed by atoms with Gasteiger partial charge in [-0.2, -0.15) is 5.10 Å². The molecule has 1 saturated heterocycles. The monoisotopic (exact) mass is 244 g/mol. The molecule has 1 N–H and O–H groups in total. The van der Waals surface area contributed by atoms with Crippen molar-refractivity contribution in [3.05, 3.63) is 35.0 Å². The molecule has 0 aromatic carbocycles. The Morgan fingerprint density at radius 1 is 1.39 bits per heavy atom. The summed E-state index contributed by atoms with van der Waals surface area (Å²) in [6.45, 7) is 1.69. The van der Waals surface area contributed by atoms with Gasteiger partial charge in [0.05, 0.1) is 18.1 Å². The fourth-order valence-electron chi connectivity index (χ4n) is 2.45. The number of aromatic nitrogens is 3. The van der Waals surface area contributed by atoms with Crippen LogP contribution in [0.25, 0.3) is 10.8 Å². The van der Waals surface area contributed by atoms with E-state index in [1.54, 1.807) is 29.3 Å². The Morgan fingerprint density at radius 3 is 3.17 bits per heavy atom. The second kappa shape index (κ2) is 4.86. The molecule has 1 aliphatic rings. The number of fused-ring (bicyclic) bond motifs is 1. The Morgan fingerprint density at radius 2 is 2.33 bits per heavy atom. The molecule has 1 fully saturated rings. The number of piperidine rings is 1. The van der Waals surface area contributed by atoms with Gasteiger partial charge in [0, 0.05) is 23.8 Å². The lowest BCUT2D eigenvalue weighted by molar-refractivity contribution is 0.346. The molecule has 0 bridgehead atoms. The molecule has 2 aromatic heterocycles. The third-order valence-electron chi connectivity index (χ3n) is 3.46. The van der Waals surface area contributed by atoms with Gasteiger partial charge in [-0.3, -0.25) is 9.78 Å². The predicted octanol–water partition coefficient (Wildman–Crippen LogP) is 0.934. The molecule has 1 aliphatic heterocycles. The van der Waals surface area contributed by atoms with Gasteiger partial charge in [-0.1, -0.05) is 6.42 Å². The molecule has 3 rings (SSSR count). The van der Waals surface area contributed by atoms with Crippen molar-refractivity contribution in [2.45, 2.75) is 31.8 Å². The van der Waals surface area contributed by atoms with E-state index in [-0.39, 0.29) is 5.56 Å². The molecule has 0 radical (unpaired) electrons. The van der Waals surface area contributed by atoms with Crippen LogP contribution in [0.3, 0.4) is 0 Å². The summed E-state index contributed by atoms with van der Waals surface area (Å²) in [5.41, 5.74) is -0.0257. The zero-order valence-electron chi connectivity index (χ0n) is 10.2. The second-order valence-corrected chi connectivity index (χ2v) is 4.74. The molecule has 0 aliphatic carbocycles. The highest BCUT2D eigenvalue weighted by Gasteiger charge is 2.14. The summed E-state index contributed by atoms with van der Waals surface area (Å²) >= 11 is 0. The van der Waals surface area contributed by atoms with Crippen LogP contribution in [-0.4, -0.2) is 27.4 Å². The molecule has 1 atom stereocenters. The first kappa shape index (κ1) is 11.3. The van der Waals surface area contributed by atoms with Gasteiger partial charge >= 0.3 is 0 Å². The van der Waals surface area contributed by atoms with E-state index in [0.717, 1.165) is 18.4 Å². The maximum Gasteiger partial charge on any atom is 0.274 e. The summed E-state index contributed by atoms with van der Waals surface area (Å²) < 4.78 is 1.56. The molecule has 0 spiro atoms. The molecule has 0 saturated carbocycles. The number of nitrogens with zero attached hydrogens (tertiary/aromatic N) is 3. The Balaban J connectivity index is 1.92. The van der Waals surface area contributed by atoms with Crippen molar-refractivity contribution in [2.24, 2.45) is 0 Å². The number of hydrogen-bond acceptors (Lipinski definition) is 4. The summed E-state index contributed by atoms with van der Waals surface area (Å²) in [4.78, 5) is 16.2. The van der Waals surface area contributed by atoms with Crippen molar-refractivity contribution in [2.75, 3.05) is 6.54 Å². The minimum absolute atomic E-state index is 0.0257. The molecule has 18 heavy (non-hydrogen) atoms. The number of nitrogens with one attached hydrogen (secondary N) is 1. The van der Waals surface area contributed by atoms with Gasteiger partial charge in [0.2, 0.25) is 0 Å². The van der Waals surface area contributed by atoms with E-state index in [1.165, 1.54) is 12.8 Å². The van der Waals surface area contributed by atoms with Gasteiger partial charge in [0.25, 0.3) is 5.56 Å². The lowest BCUT2D eigenvalue weighted by Crippen LogP contribution is -2.40. The number of rotatable bonds is 2. The highest BCUT2D eigenvalue weighted by Crippen LogP contribution is 2.09. The molecule has 5 nitrogen and oxygen atoms in total. The lowest BCUT2D eigenvalue weighted by atomic mass is 10.1. The van der Waals surface area contributed by atoms with Crippen molar-refractivity contribution in [3.63, 3.8) is 0 Å². The zero-order chi connectivity index (χ0) is 12.4. The fraction of sp³-hybridized carbons (Fsp3) is 0.462. The Labute approximate surface area is 105 Å². The topological polar surface area (TPSA) is 59.8 Å². The first-order chi connectivity index (χ1) is 8.84. The molecule has 0 amide bonds. The largest absolute Gasteiger partial charge is 0.312 e. The summed E-state index contributed by atoms with van der Waals surface area (Å²) in [5.74, 6) is 0. The van der Waals surface area contributed by atoms with Gasteiger partial charge in [-0.05, 0) is 25.5 Å². The van der Waals surface area contributed by atoms with Gasteiger partial charge in [0.15, 0.2) is 0 Å². The van der Waals surface area contributed by atoms with Crippen molar-refractivity contribution >= 4 is 10.8 Å². The van der Waals surface area contributed by atoms with Crippen LogP contribution in [0.15, 0.2) is 29.5 Å². The van der Waals surface area contributed by atoms with E-state index in [0.29, 0.717) is 18.0 Å². The minimum atomic E-state index is -0.0257. The highest BCUT2D eigenvalue weighted by atomic mass is 16.1. The van der Waals surface area contributed by atoms with Crippen LogP contribution in [0.5, 0.6) is 0 Å². The smallest absolute Gasteiger partial charge is 0.274 e. The van der Waals surface area contributed by atoms with E-state index >= 15 is 0 Å². The van der Waals surface area contributed by atoms with Gasteiger partial charge in [-0.15, -0.1) is 0 Å². The van der Waals surface area contributed by atoms with Crippen LogP contribution >= 0.6 is 0 Å². The molecule has 5 heteroatoms. The normalized spacial score (nSPS) is 20.1. The van der Waals surface area contributed by atoms with E-state index in [9.17, 15) is 4.79 Å². The second-order valence-electron chi connectivity index (χ2n) is 4.74. The van der Waals surface area contributed by atoms with Crippen LogP contribution in [0.1, 0.15) is 19.3 Å². The van der Waals surface area contributed by atoms with Crippen LogP contribution in [0, 0.1) is 0 Å². The zero-order valence-corrected chi connectivity index (χ0v) is 10.2. The average Bonchev–Trinajstić information content (AvgIpc) is 2.43. The number of pyridine rings is 1. The molecule has 1 unspecified atom stereocenters. The standard InChI is InChI=1S/C13H16N4O/c18-13-12-4-6-14-7-10(12)8-16-17(13)9-11-3-1-2-5-15-11/h4,6-8,11,15H,1-3,5,9H2. The van der Waals surface area contributed by atoms with Crippen LogP contribution in [0.2, 0.25) is 0 Å². The van der Waals surface area contributed by atoms with E-state index < -0.39 is 0 Å². The quantitative estimate of drug-likeness (QED) is 0.854. The molecular formula is C13H16N4O. The summed E-state index contributed by atoms with van der Waals surface area (Å²) in [5, 5.41) is 9.15. The third kappa shape index (κ3) is 2.13. The SMILES string of the molecule is O=c1c2ccncc2cnn1CC1CCCCN1. The maximum absolute atomic E-state index is 12.2. The average molecular weight is 244 g/mol. The first-order valence-electron chi connectivity index (χ1n) is 6.38. The van der Waals surface area contributed by atoms with Crippen molar-refractivity contribution in [3.8, 4) is 0 Å². The van der Waals surface area contributed by atoms with Crippen molar-refractivity contribution < 1.29 is 0 Å². The van der Waals surface area contributed by atoms with Crippen molar-refractivity contribution in [1.82, 2.24) is 20.1 Å². The molecular weight excluding hydrogens is 228 g/mol. The van der Waals surface area contributed by atoms with E-state index in [4.69, 9.17) is 0 Å². The van der Waals surface area contributed by atoms with Crippen LogP contribution in [-0.2, 0) is 6.54 Å². The van der Waals surface area contributed by atoms with Crippen molar-refractivity contribution in [1.29, 1.82) is 0 Å². The maximum atomic E-state index is 12.2. The van der Waals surface area contributed by atoms with Gasteiger partial charge in [0.1, 0.15) is 0 Å². The Kier molecular flexibility index (Phi) is 3.06. The van der Waals surface area contributed by atoms with E-state index in [1.807, 2.05) is 0 Å². The minimum Gasteiger partial charge on any atom is -0.312 e. The van der Waals surface area contributed by atoms with E-state index in [2.05, 4.69) is 15.4 Å². The summed E-state index contributed by atoms with van der Waals surface area (Å²) in [7, 11) is 0. The molecule has 2 aromatic rings. The predicted molar refractivity (Wildman–Crippen MR) is 69.4 cm³/mol. The van der Waals surface area contributed by atoms with Gasteiger partial charge < -0.3 is 5.32 Å². The summed E-state index contributed by atoms with van der Waals surface area (Å²) in [6.07, 6.45) is 8.60. The molecule has 94 valence electrons. The lowest BCUT2D eigenvalue weighted by Gasteiger charge is -2.23. The van der Waals surface area contributed by atoms with Crippen LogP contribution in [0.4, 0.5) is 0 Å². The first-order valence-corrected chi connectivity index (χ1v) is 6.38. The highest BCUT2D eigenvalue weighted by molar-refractivity contribution is 5.79. The van der Waals surface area contributed by atoms with Crippen LogP contribution < -0.4 is 10.9 Å². The fourth-order valence-corrected chi connectivity index (χ4v) is 2.45. The van der Waals surface area contributed by atoms with Gasteiger partial charge in [-0.25, -0.2) is 4.68 Å². The Hall–Kier alpha value is -1.75. The third-order valence-corrected chi connectivity index (χ3v) is 3.46. The Bertz CT molecular complexity index is 601. The molecule has 3 heterocycles. The number of hydrogen-bond donors (Lipinski definition) is 1. The summed E-state index contributed by atoms with van der Waals surface area (Å²) in [6, 6.07) is 2.12.